The van der Waals surface area contributed by atoms with Crippen molar-refractivity contribution in [3.05, 3.63) is 72.3 Å². The van der Waals surface area contributed by atoms with Crippen molar-refractivity contribution in [1.82, 2.24) is 0 Å². The highest BCUT2D eigenvalue weighted by Crippen LogP contribution is 2.28. The third kappa shape index (κ3) is 6.11. The predicted octanol–water partition coefficient (Wildman–Crippen LogP) is 1.18. The Balaban J connectivity index is 1.35. The minimum Gasteiger partial charge on any atom is -0.493 e. The fraction of sp³-hybridized carbons (Fsp3) is 0.417. The lowest BCUT2D eigenvalue weighted by atomic mass is 10.1. The molecular weight excluding hydrogens is 348 g/mol. The van der Waals surface area contributed by atoms with Gasteiger partial charge in [-0.25, -0.2) is 0 Å². The zero-order valence-corrected chi connectivity index (χ0v) is 17.1. The highest BCUT2D eigenvalue weighted by Gasteiger charge is 2.22. The van der Waals surface area contributed by atoms with E-state index in [1.165, 1.54) is 43.9 Å². The number of ether oxygens (including phenoxy) is 2. The summed E-state index contributed by atoms with van der Waals surface area (Å²) in [6.45, 7) is 11.9. The third-order valence-electron chi connectivity index (χ3n) is 5.50. The Morgan fingerprint density at radius 2 is 1.68 bits per heavy atom. The molecule has 1 fully saturated rings. The summed E-state index contributed by atoms with van der Waals surface area (Å²) in [5.41, 5.74) is 2.64. The SMILES string of the molecule is C=CCc1ccc(OCCC[NH+]2CC[NH+](Cc3ccccc3)CC2)c(OC)c1. The lowest BCUT2D eigenvalue weighted by molar-refractivity contribution is -1.02. The van der Waals surface area contributed by atoms with E-state index in [2.05, 4.69) is 43.0 Å². The van der Waals surface area contributed by atoms with Crippen molar-refractivity contribution in [3.63, 3.8) is 0 Å². The first-order valence-corrected chi connectivity index (χ1v) is 10.4. The molecule has 0 amide bonds. The molecule has 0 aliphatic carbocycles. The number of hydrogen-bond acceptors (Lipinski definition) is 2. The van der Waals surface area contributed by atoms with Crippen LogP contribution in [0.15, 0.2) is 61.2 Å². The normalized spacial score (nSPS) is 19.2. The van der Waals surface area contributed by atoms with Gasteiger partial charge in [-0.15, -0.1) is 6.58 Å². The first kappa shape index (κ1) is 20.4. The van der Waals surface area contributed by atoms with Gasteiger partial charge < -0.3 is 19.3 Å². The quantitative estimate of drug-likeness (QED) is 0.477. The van der Waals surface area contributed by atoms with Crippen LogP contribution in [0.3, 0.4) is 0 Å². The van der Waals surface area contributed by atoms with Crippen LogP contribution in [0.4, 0.5) is 0 Å². The van der Waals surface area contributed by atoms with Crippen LogP contribution in [0.1, 0.15) is 17.5 Å². The minimum atomic E-state index is 0.737. The molecule has 28 heavy (non-hydrogen) atoms. The first-order valence-electron chi connectivity index (χ1n) is 10.4. The van der Waals surface area contributed by atoms with E-state index in [9.17, 15) is 0 Å². The van der Waals surface area contributed by atoms with E-state index in [4.69, 9.17) is 9.47 Å². The molecule has 2 aromatic carbocycles. The molecule has 4 heteroatoms. The van der Waals surface area contributed by atoms with E-state index in [0.717, 1.165) is 37.5 Å². The van der Waals surface area contributed by atoms with E-state index in [0.29, 0.717) is 0 Å². The zero-order valence-electron chi connectivity index (χ0n) is 17.1. The molecule has 0 bridgehead atoms. The van der Waals surface area contributed by atoms with Crippen LogP contribution in [0.2, 0.25) is 0 Å². The average Bonchev–Trinajstić information content (AvgIpc) is 2.74. The second-order valence-corrected chi connectivity index (χ2v) is 7.59. The smallest absolute Gasteiger partial charge is 0.161 e. The molecule has 0 spiro atoms. The maximum Gasteiger partial charge on any atom is 0.161 e. The van der Waals surface area contributed by atoms with Gasteiger partial charge in [-0.1, -0.05) is 42.5 Å². The van der Waals surface area contributed by atoms with Crippen LogP contribution in [-0.4, -0.2) is 46.4 Å². The third-order valence-corrected chi connectivity index (χ3v) is 5.50. The Hall–Kier alpha value is -2.30. The van der Waals surface area contributed by atoms with E-state index >= 15 is 0 Å². The molecule has 1 aliphatic rings. The predicted molar refractivity (Wildman–Crippen MR) is 113 cm³/mol. The number of allylic oxidation sites excluding steroid dienone is 1. The molecular formula is C24H34N2O2+2. The summed E-state index contributed by atoms with van der Waals surface area (Å²) < 4.78 is 11.5. The van der Waals surface area contributed by atoms with Crippen molar-refractivity contribution in [1.29, 1.82) is 0 Å². The summed E-state index contributed by atoms with van der Waals surface area (Å²) in [5.74, 6) is 1.65. The molecule has 0 radical (unpaired) electrons. The molecule has 4 nitrogen and oxygen atoms in total. The molecule has 3 rings (SSSR count). The molecule has 150 valence electrons. The van der Waals surface area contributed by atoms with E-state index in [-0.39, 0.29) is 0 Å². The summed E-state index contributed by atoms with van der Waals surface area (Å²) in [5, 5.41) is 0. The van der Waals surface area contributed by atoms with Gasteiger partial charge >= 0.3 is 0 Å². The first-order chi connectivity index (χ1) is 13.8. The summed E-state index contributed by atoms with van der Waals surface area (Å²) in [7, 11) is 1.70. The molecule has 2 aromatic rings. The van der Waals surface area contributed by atoms with Crippen molar-refractivity contribution in [3.8, 4) is 11.5 Å². The lowest BCUT2D eigenvalue weighted by Crippen LogP contribution is -3.27. The topological polar surface area (TPSA) is 27.3 Å². The maximum absolute atomic E-state index is 5.98. The van der Waals surface area contributed by atoms with Gasteiger partial charge in [-0.2, -0.15) is 0 Å². The standard InChI is InChI=1S/C24H32N2O2/c1-3-8-21-11-12-23(24(19-21)27-2)28-18-7-13-25-14-16-26(17-15-25)20-22-9-5-4-6-10-22/h3-6,9-12,19H,1,7-8,13-18,20H2,2H3/p+2. The van der Waals surface area contributed by atoms with Crippen molar-refractivity contribution in [2.75, 3.05) is 46.4 Å². The summed E-state index contributed by atoms with van der Waals surface area (Å²) >= 11 is 0. The van der Waals surface area contributed by atoms with Gasteiger partial charge in [0, 0.05) is 12.0 Å². The Labute approximate surface area is 169 Å². The molecule has 1 heterocycles. The number of piperazine rings is 1. The molecule has 0 saturated carbocycles. The van der Waals surface area contributed by atoms with E-state index in [1.54, 1.807) is 16.9 Å². The number of hydrogen-bond donors (Lipinski definition) is 2. The Kier molecular flexibility index (Phi) is 7.94. The summed E-state index contributed by atoms with van der Waals surface area (Å²) in [4.78, 5) is 3.41. The van der Waals surface area contributed by atoms with Crippen LogP contribution in [-0.2, 0) is 13.0 Å². The van der Waals surface area contributed by atoms with Gasteiger partial charge in [0.15, 0.2) is 11.5 Å². The van der Waals surface area contributed by atoms with E-state index < -0.39 is 0 Å². The fourth-order valence-corrected chi connectivity index (χ4v) is 3.90. The van der Waals surface area contributed by atoms with Crippen molar-refractivity contribution in [2.45, 2.75) is 19.4 Å². The van der Waals surface area contributed by atoms with Gasteiger partial charge in [0.05, 0.1) is 20.3 Å². The van der Waals surface area contributed by atoms with Crippen LogP contribution < -0.4 is 19.3 Å². The number of methoxy groups -OCH3 is 1. The maximum atomic E-state index is 5.98. The Bertz CT molecular complexity index is 725. The number of nitrogens with one attached hydrogen (secondary N) is 2. The molecule has 2 N–H and O–H groups in total. The van der Waals surface area contributed by atoms with Crippen LogP contribution in [0.5, 0.6) is 11.5 Å². The lowest BCUT2D eigenvalue weighted by Gasteiger charge is -2.29. The minimum absolute atomic E-state index is 0.737. The second kappa shape index (κ2) is 10.9. The number of rotatable bonds is 10. The molecule has 0 atom stereocenters. The Morgan fingerprint density at radius 3 is 2.39 bits per heavy atom. The summed E-state index contributed by atoms with van der Waals surface area (Å²) in [6, 6.07) is 17.0. The molecule has 0 aromatic heterocycles. The van der Waals surface area contributed by atoms with Crippen molar-refractivity contribution < 1.29 is 19.3 Å². The molecule has 1 saturated heterocycles. The highest BCUT2D eigenvalue weighted by atomic mass is 16.5. The van der Waals surface area contributed by atoms with Gasteiger partial charge in [0.25, 0.3) is 0 Å². The molecule has 0 unspecified atom stereocenters. The van der Waals surface area contributed by atoms with E-state index in [1.807, 2.05) is 18.2 Å². The highest BCUT2D eigenvalue weighted by molar-refractivity contribution is 5.43. The summed E-state index contributed by atoms with van der Waals surface area (Å²) in [6.07, 6.45) is 3.82. The fourth-order valence-electron chi connectivity index (χ4n) is 3.90. The van der Waals surface area contributed by atoms with Crippen molar-refractivity contribution in [2.24, 2.45) is 0 Å². The monoisotopic (exact) mass is 382 g/mol. The Morgan fingerprint density at radius 1 is 0.929 bits per heavy atom. The van der Waals surface area contributed by atoms with Gasteiger partial charge in [-0.05, 0) is 24.1 Å². The molecule has 1 aliphatic heterocycles. The second-order valence-electron chi connectivity index (χ2n) is 7.59. The number of benzene rings is 2. The van der Waals surface area contributed by atoms with Gasteiger partial charge in [-0.3, -0.25) is 0 Å². The largest absolute Gasteiger partial charge is 0.493 e. The zero-order chi connectivity index (χ0) is 19.6. The van der Waals surface area contributed by atoms with Crippen LogP contribution in [0.25, 0.3) is 0 Å². The average molecular weight is 383 g/mol. The number of quaternary nitrogens is 2. The van der Waals surface area contributed by atoms with Gasteiger partial charge in [0.2, 0.25) is 0 Å². The van der Waals surface area contributed by atoms with Crippen LogP contribution >= 0.6 is 0 Å². The van der Waals surface area contributed by atoms with Crippen LogP contribution in [0, 0.1) is 0 Å². The van der Waals surface area contributed by atoms with Gasteiger partial charge in [0.1, 0.15) is 32.7 Å². The van der Waals surface area contributed by atoms with Crippen molar-refractivity contribution >= 4 is 0 Å².